The number of benzene rings is 2. The number of nitrogens with zero attached hydrogens (tertiary/aromatic N) is 1. The van der Waals surface area contributed by atoms with Crippen molar-refractivity contribution in [2.45, 2.75) is 44.2 Å². The van der Waals surface area contributed by atoms with Crippen LogP contribution in [0.25, 0.3) is 0 Å². The van der Waals surface area contributed by atoms with Crippen molar-refractivity contribution >= 4 is 5.69 Å². The van der Waals surface area contributed by atoms with Crippen molar-refractivity contribution in [3.63, 3.8) is 0 Å². The third kappa shape index (κ3) is 2.09. The monoisotopic (exact) mass is 293 g/mol. The van der Waals surface area contributed by atoms with Gasteiger partial charge in [-0.1, -0.05) is 30.3 Å². The van der Waals surface area contributed by atoms with Crippen molar-refractivity contribution in [2.24, 2.45) is 0 Å². The number of ether oxygens (including phenoxy) is 1. The summed E-state index contributed by atoms with van der Waals surface area (Å²) in [5.41, 5.74) is 4.65. The number of hydrogen-bond donors (Lipinski definition) is 0. The number of hydrogen-bond acceptors (Lipinski definition) is 2. The van der Waals surface area contributed by atoms with Gasteiger partial charge >= 0.3 is 0 Å². The minimum absolute atomic E-state index is 0.313. The lowest BCUT2D eigenvalue weighted by Crippen LogP contribution is -2.43. The number of anilines is 1. The topological polar surface area (TPSA) is 12.5 Å². The molecule has 0 radical (unpaired) electrons. The molecule has 0 aliphatic carbocycles. The maximum atomic E-state index is 5.37. The summed E-state index contributed by atoms with van der Waals surface area (Å²) >= 11 is 0. The second-order valence-electron chi connectivity index (χ2n) is 6.92. The van der Waals surface area contributed by atoms with Crippen LogP contribution < -0.4 is 9.64 Å². The normalized spacial score (nSPS) is 25.9. The second-order valence-corrected chi connectivity index (χ2v) is 6.92. The lowest BCUT2D eigenvalue weighted by Gasteiger charge is -2.34. The summed E-state index contributed by atoms with van der Waals surface area (Å²) in [6.07, 6.45) is 4.86. The second kappa shape index (κ2) is 5.05. The van der Waals surface area contributed by atoms with Crippen LogP contribution in [0.15, 0.2) is 48.5 Å². The summed E-state index contributed by atoms with van der Waals surface area (Å²) in [5.74, 6) is 0.958. The van der Waals surface area contributed by atoms with E-state index < -0.39 is 0 Å². The van der Waals surface area contributed by atoms with E-state index in [2.05, 4.69) is 54.3 Å². The molecule has 0 N–H and O–H groups in total. The molecule has 0 bridgehead atoms. The molecule has 0 saturated carbocycles. The van der Waals surface area contributed by atoms with Gasteiger partial charge in [-0.15, -0.1) is 0 Å². The Morgan fingerprint density at radius 2 is 2.05 bits per heavy atom. The van der Waals surface area contributed by atoms with E-state index in [0.717, 1.165) is 12.2 Å². The molecule has 2 aromatic carbocycles. The summed E-state index contributed by atoms with van der Waals surface area (Å²) in [7, 11) is 1.74. The molecule has 22 heavy (non-hydrogen) atoms. The average molecular weight is 293 g/mol. The van der Waals surface area contributed by atoms with E-state index in [9.17, 15) is 0 Å². The minimum atomic E-state index is 0.313. The third-order valence-corrected chi connectivity index (χ3v) is 5.39. The highest BCUT2D eigenvalue weighted by molar-refractivity contribution is 5.63. The van der Waals surface area contributed by atoms with Crippen molar-refractivity contribution in [2.75, 3.05) is 12.0 Å². The molecule has 4 rings (SSSR count). The van der Waals surface area contributed by atoms with Crippen LogP contribution in [0, 0.1) is 0 Å². The number of para-hydroxylation sites is 1. The van der Waals surface area contributed by atoms with Crippen molar-refractivity contribution in [3.8, 4) is 5.75 Å². The van der Waals surface area contributed by atoms with E-state index in [1.807, 2.05) is 6.07 Å². The first-order valence-corrected chi connectivity index (χ1v) is 8.20. The molecule has 0 spiro atoms. The Kier molecular flexibility index (Phi) is 3.14. The zero-order chi connectivity index (χ0) is 15.2. The molecule has 2 heterocycles. The largest absolute Gasteiger partial charge is 0.497 e. The molecule has 2 aliphatic rings. The van der Waals surface area contributed by atoms with Gasteiger partial charge in [0.05, 0.1) is 7.11 Å². The lowest BCUT2D eigenvalue weighted by molar-refractivity contribution is 0.414. The Hall–Kier alpha value is -1.96. The highest BCUT2D eigenvalue weighted by Crippen LogP contribution is 2.48. The maximum Gasteiger partial charge on any atom is 0.119 e. The summed E-state index contributed by atoms with van der Waals surface area (Å²) in [5, 5.41) is 0. The van der Waals surface area contributed by atoms with Crippen molar-refractivity contribution in [1.29, 1.82) is 0 Å². The van der Waals surface area contributed by atoms with Gasteiger partial charge in [0, 0.05) is 17.3 Å². The first-order valence-electron chi connectivity index (χ1n) is 8.20. The summed E-state index contributed by atoms with van der Waals surface area (Å²) in [6.45, 7) is 2.43. The Morgan fingerprint density at radius 3 is 2.91 bits per heavy atom. The molecular weight excluding hydrogens is 270 g/mol. The van der Waals surface area contributed by atoms with E-state index in [-0.39, 0.29) is 0 Å². The van der Waals surface area contributed by atoms with Gasteiger partial charge in [0.25, 0.3) is 0 Å². The van der Waals surface area contributed by atoms with Gasteiger partial charge in [-0.3, -0.25) is 0 Å². The molecule has 2 aromatic rings. The van der Waals surface area contributed by atoms with Crippen LogP contribution in [0.3, 0.4) is 0 Å². The predicted octanol–water partition coefficient (Wildman–Crippen LogP) is 4.22. The zero-order valence-corrected chi connectivity index (χ0v) is 13.4. The van der Waals surface area contributed by atoms with Crippen LogP contribution in [0.4, 0.5) is 5.69 Å². The summed E-state index contributed by atoms with van der Waals surface area (Å²) < 4.78 is 5.37. The Balaban J connectivity index is 1.63. The van der Waals surface area contributed by atoms with Gasteiger partial charge in [-0.25, -0.2) is 0 Å². The van der Waals surface area contributed by atoms with Crippen LogP contribution in [0.1, 0.15) is 30.9 Å². The molecule has 2 atom stereocenters. The Morgan fingerprint density at radius 1 is 1.18 bits per heavy atom. The van der Waals surface area contributed by atoms with E-state index in [4.69, 9.17) is 4.74 Å². The van der Waals surface area contributed by atoms with E-state index in [0.29, 0.717) is 11.6 Å². The van der Waals surface area contributed by atoms with Crippen LogP contribution in [0.5, 0.6) is 5.75 Å². The molecule has 2 aliphatic heterocycles. The van der Waals surface area contributed by atoms with E-state index in [1.54, 1.807) is 7.11 Å². The van der Waals surface area contributed by atoms with Gasteiger partial charge in [0.2, 0.25) is 0 Å². The summed E-state index contributed by atoms with van der Waals surface area (Å²) in [4.78, 5) is 2.70. The lowest BCUT2D eigenvalue weighted by atomic mass is 9.94. The van der Waals surface area contributed by atoms with Gasteiger partial charge < -0.3 is 9.64 Å². The van der Waals surface area contributed by atoms with Crippen LogP contribution >= 0.6 is 0 Å². The van der Waals surface area contributed by atoms with Crippen molar-refractivity contribution in [3.05, 3.63) is 59.7 Å². The predicted molar refractivity (Wildman–Crippen MR) is 90.8 cm³/mol. The Bertz CT molecular complexity index is 696. The van der Waals surface area contributed by atoms with Gasteiger partial charge in [-0.2, -0.15) is 0 Å². The number of methoxy groups -OCH3 is 1. The van der Waals surface area contributed by atoms with Gasteiger partial charge in [-0.05, 0) is 61.9 Å². The molecule has 1 saturated heterocycles. The summed E-state index contributed by atoms with van der Waals surface area (Å²) in [6, 6.07) is 18.0. The Labute approximate surface area is 132 Å². The highest BCUT2D eigenvalue weighted by Gasteiger charge is 2.47. The van der Waals surface area contributed by atoms with Gasteiger partial charge in [0.15, 0.2) is 0 Å². The maximum absolute atomic E-state index is 5.37. The highest BCUT2D eigenvalue weighted by atomic mass is 16.5. The fraction of sp³-hybridized carbons (Fsp3) is 0.400. The standard InChI is InChI=1S/C20H23NO/c1-20-11-10-17(12-15-6-5-8-18(13-15)22-2)21(20)19-9-4-3-7-16(19)14-20/h3-9,13,17H,10-12,14H2,1-2H3/t17-,20-/m0/s1. The average Bonchev–Trinajstić information content (AvgIpc) is 3.00. The molecular formula is C20H23NO. The SMILES string of the molecule is COc1cccc(C[C@@H]2CC[C@@]3(C)Cc4ccccc4N23)c1. The first kappa shape index (κ1) is 13.7. The van der Waals surface area contributed by atoms with Crippen LogP contribution in [-0.2, 0) is 12.8 Å². The quantitative estimate of drug-likeness (QED) is 0.840. The fourth-order valence-corrected chi connectivity index (χ4v) is 4.40. The van der Waals surface area contributed by atoms with E-state index >= 15 is 0 Å². The van der Waals surface area contributed by atoms with E-state index in [1.165, 1.54) is 36.1 Å². The molecule has 2 heteroatoms. The third-order valence-electron chi connectivity index (χ3n) is 5.39. The fourth-order valence-electron chi connectivity index (χ4n) is 4.40. The molecule has 114 valence electrons. The van der Waals surface area contributed by atoms with Crippen molar-refractivity contribution in [1.82, 2.24) is 0 Å². The first-order chi connectivity index (χ1) is 10.7. The zero-order valence-electron chi connectivity index (χ0n) is 13.4. The molecule has 0 amide bonds. The molecule has 2 nitrogen and oxygen atoms in total. The van der Waals surface area contributed by atoms with Crippen LogP contribution in [0.2, 0.25) is 0 Å². The smallest absolute Gasteiger partial charge is 0.119 e. The minimum Gasteiger partial charge on any atom is -0.497 e. The van der Waals surface area contributed by atoms with Crippen molar-refractivity contribution < 1.29 is 4.74 Å². The van der Waals surface area contributed by atoms with Crippen LogP contribution in [-0.4, -0.2) is 18.7 Å². The number of fused-ring (bicyclic) bond motifs is 3. The molecule has 0 unspecified atom stereocenters. The van der Waals surface area contributed by atoms with Gasteiger partial charge in [0.1, 0.15) is 5.75 Å². The molecule has 1 fully saturated rings. The number of rotatable bonds is 3. The molecule has 0 aromatic heterocycles.